The molecule has 0 unspecified atom stereocenters. The summed E-state index contributed by atoms with van der Waals surface area (Å²) >= 11 is 0. The molecule has 0 amide bonds. The summed E-state index contributed by atoms with van der Waals surface area (Å²) in [5.74, 6) is -0.823. The molecule has 2 rings (SSSR count). The molecule has 0 bridgehead atoms. The van der Waals surface area contributed by atoms with Gasteiger partial charge in [-0.3, -0.25) is 4.31 Å². The molecular weight excluding hydrogens is 266 g/mol. The van der Waals surface area contributed by atoms with Gasteiger partial charge >= 0.3 is 5.97 Å². The Balaban J connectivity index is 2.32. The molecule has 0 spiro atoms. The zero-order valence-corrected chi connectivity index (χ0v) is 11.4. The molecule has 1 saturated heterocycles. The van der Waals surface area contributed by atoms with Gasteiger partial charge in [0.25, 0.3) is 0 Å². The Labute approximate surface area is 112 Å². The van der Waals surface area contributed by atoms with Crippen molar-refractivity contribution in [1.29, 1.82) is 0 Å². The van der Waals surface area contributed by atoms with Crippen LogP contribution in [-0.2, 0) is 14.8 Å². The highest BCUT2D eigenvalue weighted by Gasteiger charge is 2.29. The summed E-state index contributed by atoms with van der Waals surface area (Å²) in [6.07, 6.45) is 3.18. The fourth-order valence-electron chi connectivity index (χ4n) is 2.14. The van der Waals surface area contributed by atoms with Crippen LogP contribution < -0.4 is 4.31 Å². The van der Waals surface area contributed by atoms with Gasteiger partial charge in [0.2, 0.25) is 10.0 Å². The second-order valence-electron chi connectivity index (χ2n) is 4.46. The second kappa shape index (κ2) is 5.05. The molecule has 0 atom stereocenters. The molecule has 0 aromatic heterocycles. The molecule has 0 aliphatic carbocycles. The van der Waals surface area contributed by atoms with Gasteiger partial charge in [-0.25, -0.2) is 13.2 Å². The highest BCUT2D eigenvalue weighted by atomic mass is 32.2. The van der Waals surface area contributed by atoms with E-state index < -0.39 is 16.0 Å². The van der Waals surface area contributed by atoms with Crippen LogP contribution in [0.4, 0.5) is 5.69 Å². The van der Waals surface area contributed by atoms with Crippen LogP contribution in [0.1, 0.15) is 17.5 Å². The Bertz CT molecular complexity index is 634. The average molecular weight is 281 g/mol. The van der Waals surface area contributed by atoms with E-state index in [-0.39, 0.29) is 5.75 Å². The van der Waals surface area contributed by atoms with Gasteiger partial charge in [0.05, 0.1) is 11.4 Å². The second-order valence-corrected chi connectivity index (χ2v) is 6.47. The minimum absolute atomic E-state index is 0.188. The first-order chi connectivity index (χ1) is 8.90. The Kier molecular flexibility index (Phi) is 3.61. The van der Waals surface area contributed by atoms with Crippen LogP contribution in [0.15, 0.2) is 24.3 Å². The number of rotatable bonds is 3. The van der Waals surface area contributed by atoms with Gasteiger partial charge in [0.1, 0.15) is 0 Å². The van der Waals surface area contributed by atoms with Gasteiger partial charge in [-0.15, -0.1) is 0 Å². The maximum atomic E-state index is 11.8. The van der Waals surface area contributed by atoms with E-state index in [0.717, 1.165) is 17.2 Å². The Morgan fingerprint density at radius 1 is 1.42 bits per heavy atom. The first-order valence-corrected chi connectivity index (χ1v) is 7.53. The monoisotopic (exact) mass is 281 g/mol. The average Bonchev–Trinajstić information content (AvgIpc) is 2.66. The van der Waals surface area contributed by atoms with Crippen molar-refractivity contribution < 1.29 is 18.3 Å². The fraction of sp³-hybridized carbons (Fsp3) is 0.308. The standard InChI is InChI=1S/C13H15NO4S/c1-10-9-11(4-6-13(15)16)3-5-12(10)14-7-2-8-19(14,17)18/h3-6,9H,2,7-8H2,1H3,(H,15,16). The van der Waals surface area contributed by atoms with Crippen LogP contribution >= 0.6 is 0 Å². The molecular formula is C13H15NO4S. The smallest absolute Gasteiger partial charge is 0.328 e. The van der Waals surface area contributed by atoms with E-state index in [2.05, 4.69) is 0 Å². The lowest BCUT2D eigenvalue weighted by molar-refractivity contribution is -0.131. The summed E-state index contributed by atoms with van der Waals surface area (Å²) in [7, 11) is -3.18. The molecule has 5 nitrogen and oxygen atoms in total. The lowest BCUT2D eigenvalue weighted by atomic mass is 10.1. The number of nitrogens with zero attached hydrogens (tertiary/aromatic N) is 1. The molecule has 102 valence electrons. The molecule has 0 radical (unpaired) electrons. The Morgan fingerprint density at radius 3 is 2.68 bits per heavy atom. The van der Waals surface area contributed by atoms with Crippen molar-refractivity contribution in [2.45, 2.75) is 13.3 Å². The van der Waals surface area contributed by atoms with Gasteiger partial charge in [0.15, 0.2) is 0 Å². The van der Waals surface area contributed by atoms with Crippen LogP contribution in [0.25, 0.3) is 6.08 Å². The van der Waals surface area contributed by atoms with Gasteiger partial charge in [-0.1, -0.05) is 6.07 Å². The van der Waals surface area contributed by atoms with E-state index in [1.807, 2.05) is 6.92 Å². The molecule has 1 fully saturated rings. The van der Waals surface area contributed by atoms with Crippen molar-refractivity contribution in [3.8, 4) is 0 Å². The van der Waals surface area contributed by atoms with E-state index in [0.29, 0.717) is 18.7 Å². The zero-order valence-electron chi connectivity index (χ0n) is 10.5. The molecule has 1 N–H and O–H groups in total. The number of aryl methyl sites for hydroxylation is 1. The Morgan fingerprint density at radius 2 is 2.16 bits per heavy atom. The maximum Gasteiger partial charge on any atom is 0.328 e. The number of carboxylic acid groups (broad SMARTS) is 1. The van der Waals surface area contributed by atoms with Crippen LogP contribution in [-0.4, -0.2) is 31.8 Å². The third-order valence-corrected chi connectivity index (χ3v) is 4.86. The van der Waals surface area contributed by atoms with Crippen LogP contribution in [0.5, 0.6) is 0 Å². The predicted molar refractivity (Wildman–Crippen MR) is 73.6 cm³/mol. The van der Waals surface area contributed by atoms with E-state index in [9.17, 15) is 13.2 Å². The molecule has 0 saturated carbocycles. The number of hydrogen-bond donors (Lipinski definition) is 1. The van der Waals surface area contributed by atoms with Crippen molar-refractivity contribution in [2.24, 2.45) is 0 Å². The van der Waals surface area contributed by atoms with Crippen molar-refractivity contribution >= 4 is 27.8 Å². The normalized spacial score (nSPS) is 18.1. The Hall–Kier alpha value is -1.82. The fourth-order valence-corrected chi connectivity index (χ4v) is 3.77. The minimum Gasteiger partial charge on any atom is -0.478 e. The lowest BCUT2D eigenvalue weighted by Gasteiger charge is -2.19. The SMILES string of the molecule is Cc1cc(C=CC(=O)O)ccc1N1CCCS1(=O)=O. The molecule has 1 aromatic rings. The van der Waals surface area contributed by atoms with E-state index in [4.69, 9.17) is 5.11 Å². The van der Waals surface area contributed by atoms with Crippen molar-refractivity contribution in [3.05, 3.63) is 35.4 Å². The number of benzene rings is 1. The molecule has 1 heterocycles. The molecule has 1 aliphatic rings. The van der Waals surface area contributed by atoms with Crippen LogP contribution in [0.3, 0.4) is 0 Å². The van der Waals surface area contributed by atoms with Gasteiger partial charge in [-0.05, 0) is 42.7 Å². The van der Waals surface area contributed by atoms with Crippen molar-refractivity contribution in [2.75, 3.05) is 16.6 Å². The summed E-state index contributed by atoms with van der Waals surface area (Å²) in [5, 5.41) is 8.57. The molecule has 1 aromatic carbocycles. The highest BCUT2D eigenvalue weighted by molar-refractivity contribution is 7.93. The van der Waals surface area contributed by atoms with Crippen molar-refractivity contribution in [3.63, 3.8) is 0 Å². The third kappa shape index (κ3) is 2.96. The van der Waals surface area contributed by atoms with E-state index in [1.165, 1.54) is 10.4 Å². The van der Waals surface area contributed by atoms with E-state index in [1.54, 1.807) is 18.2 Å². The number of hydrogen-bond acceptors (Lipinski definition) is 3. The third-order valence-electron chi connectivity index (χ3n) is 3.01. The summed E-state index contributed by atoms with van der Waals surface area (Å²) in [4.78, 5) is 10.4. The minimum atomic E-state index is -3.18. The predicted octanol–water partition coefficient (Wildman–Crippen LogP) is 1.63. The van der Waals surface area contributed by atoms with Gasteiger partial charge in [0, 0.05) is 12.6 Å². The highest BCUT2D eigenvalue weighted by Crippen LogP contribution is 2.28. The van der Waals surface area contributed by atoms with Crippen LogP contribution in [0.2, 0.25) is 0 Å². The first kappa shape index (κ1) is 13.6. The summed E-state index contributed by atoms with van der Waals surface area (Å²) < 4.78 is 25.1. The number of aliphatic carboxylic acids is 1. The number of sulfonamides is 1. The first-order valence-electron chi connectivity index (χ1n) is 5.92. The zero-order chi connectivity index (χ0) is 14.0. The number of anilines is 1. The molecule has 1 aliphatic heterocycles. The van der Waals surface area contributed by atoms with E-state index >= 15 is 0 Å². The topological polar surface area (TPSA) is 74.7 Å². The molecule has 19 heavy (non-hydrogen) atoms. The maximum absolute atomic E-state index is 11.8. The van der Waals surface area contributed by atoms with Gasteiger partial charge in [-0.2, -0.15) is 0 Å². The quantitative estimate of drug-likeness (QED) is 0.855. The van der Waals surface area contributed by atoms with Gasteiger partial charge < -0.3 is 5.11 Å². The summed E-state index contributed by atoms with van der Waals surface area (Å²) in [5.41, 5.74) is 2.23. The molecule has 6 heteroatoms. The summed E-state index contributed by atoms with van der Waals surface area (Å²) in [6, 6.07) is 5.22. The number of carbonyl (C=O) groups is 1. The summed E-state index contributed by atoms with van der Waals surface area (Å²) in [6.45, 7) is 2.33. The van der Waals surface area contributed by atoms with Crippen LogP contribution in [0, 0.1) is 6.92 Å². The number of carboxylic acids is 1. The van der Waals surface area contributed by atoms with Crippen molar-refractivity contribution in [1.82, 2.24) is 0 Å². The lowest BCUT2D eigenvalue weighted by Crippen LogP contribution is -2.25. The largest absolute Gasteiger partial charge is 0.478 e.